The molecular weight excluding hydrogens is 406 g/mol. The van der Waals surface area contributed by atoms with Crippen molar-refractivity contribution in [1.82, 2.24) is 15.8 Å². The van der Waals surface area contributed by atoms with E-state index in [4.69, 9.17) is 4.52 Å². The van der Waals surface area contributed by atoms with E-state index in [0.29, 0.717) is 18.5 Å². The maximum absolute atomic E-state index is 5.38. The molecule has 0 spiro atoms. The second kappa shape index (κ2) is 9.26. The number of hydrogen-bond donors (Lipinski definition) is 2. The van der Waals surface area contributed by atoms with E-state index in [-0.39, 0.29) is 0 Å². The first-order valence-corrected chi connectivity index (χ1v) is 10.3. The normalized spacial score (nSPS) is 17.6. The third kappa shape index (κ3) is 5.48. The van der Waals surface area contributed by atoms with Gasteiger partial charge in [-0.15, -0.1) is 0 Å². The number of halogens is 1. The lowest BCUT2D eigenvalue weighted by molar-refractivity contribution is 0.376. The number of guanidine groups is 1. The Labute approximate surface area is 169 Å². The van der Waals surface area contributed by atoms with Gasteiger partial charge in [0.25, 0.3) is 0 Å². The number of aromatic nitrogens is 1. The summed E-state index contributed by atoms with van der Waals surface area (Å²) in [5.74, 6) is 1.97. The van der Waals surface area contributed by atoms with Crippen LogP contribution >= 0.6 is 15.9 Å². The summed E-state index contributed by atoms with van der Waals surface area (Å²) in [6.07, 6.45) is 1.08. The summed E-state index contributed by atoms with van der Waals surface area (Å²) in [7, 11) is 0. The van der Waals surface area contributed by atoms with Gasteiger partial charge in [-0.3, -0.25) is 0 Å². The number of hydrogen-bond acceptors (Lipinski definition) is 4. The van der Waals surface area contributed by atoms with Gasteiger partial charge in [0.2, 0.25) is 0 Å². The number of rotatable bonds is 6. The Balaban J connectivity index is 1.58. The molecule has 0 saturated carbocycles. The van der Waals surface area contributed by atoms with Crippen LogP contribution in [-0.2, 0) is 6.54 Å². The van der Waals surface area contributed by atoms with Crippen molar-refractivity contribution in [2.75, 3.05) is 24.5 Å². The van der Waals surface area contributed by atoms with Crippen LogP contribution in [0.2, 0.25) is 0 Å². The standard InChI is InChI=1S/C20H28BrN5O/c1-4-22-20(23-12-18-11-19(14(2)3)25-27-18)24-16-9-10-26(13-16)17-7-5-15(21)6-8-17/h5-8,11,14,16H,4,9-10,12-13H2,1-3H3,(H2,22,23,24). The molecule has 3 rings (SSSR count). The molecule has 1 saturated heterocycles. The van der Waals surface area contributed by atoms with E-state index in [0.717, 1.165) is 47.9 Å². The molecule has 1 aliphatic rings. The van der Waals surface area contributed by atoms with Gasteiger partial charge < -0.3 is 20.1 Å². The zero-order chi connectivity index (χ0) is 19.2. The molecule has 0 radical (unpaired) electrons. The molecule has 2 heterocycles. The highest BCUT2D eigenvalue weighted by atomic mass is 79.9. The van der Waals surface area contributed by atoms with Crippen LogP contribution in [0.3, 0.4) is 0 Å². The SMILES string of the molecule is CCNC(=NCc1cc(C(C)C)no1)NC1CCN(c2ccc(Br)cc2)C1. The fraction of sp³-hybridized carbons (Fsp3) is 0.500. The molecule has 27 heavy (non-hydrogen) atoms. The highest BCUT2D eigenvalue weighted by Gasteiger charge is 2.23. The van der Waals surface area contributed by atoms with Crippen LogP contribution in [0.15, 0.2) is 44.3 Å². The molecule has 146 valence electrons. The zero-order valence-electron chi connectivity index (χ0n) is 16.2. The highest BCUT2D eigenvalue weighted by Crippen LogP contribution is 2.22. The second-order valence-electron chi connectivity index (χ2n) is 7.12. The molecule has 0 bridgehead atoms. The van der Waals surface area contributed by atoms with Gasteiger partial charge in [0.15, 0.2) is 11.7 Å². The predicted molar refractivity (Wildman–Crippen MR) is 113 cm³/mol. The van der Waals surface area contributed by atoms with E-state index in [1.165, 1.54) is 5.69 Å². The lowest BCUT2D eigenvalue weighted by Crippen LogP contribution is -2.44. The lowest BCUT2D eigenvalue weighted by atomic mass is 10.1. The Bertz CT molecular complexity index is 756. The molecule has 6 nitrogen and oxygen atoms in total. The van der Waals surface area contributed by atoms with Gasteiger partial charge in [0.05, 0.1) is 5.69 Å². The van der Waals surface area contributed by atoms with Crippen molar-refractivity contribution in [2.24, 2.45) is 4.99 Å². The molecule has 1 unspecified atom stereocenters. The minimum Gasteiger partial charge on any atom is -0.369 e. The number of nitrogens with one attached hydrogen (secondary N) is 2. The van der Waals surface area contributed by atoms with Gasteiger partial charge in [0.1, 0.15) is 6.54 Å². The third-order valence-corrected chi connectivity index (χ3v) is 5.16. The summed E-state index contributed by atoms with van der Waals surface area (Å²) >= 11 is 3.49. The number of aliphatic imine (C=N–C) groups is 1. The van der Waals surface area contributed by atoms with Crippen molar-refractivity contribution in [1.29, 1.82) is 0 Å². The largest absolute Gasteiger partial charge is 0.369 e. The molecule has 2 aromatic rings. The van der Waals surface area contributed by atoms with Gasteiger partial charge in [0, 0.05) is 41.9 Å². The average molecular weight is 434 g/mol. The van der Waals surface area contributed by atoms with Crippen LogP contribution in [-0.4, -0.2) is 36.8 Å². The minimum absolute atomic E-state index is 0.362. The summed E-state index contributed by atoms with van der Waals surface area (Å²) in [5, 5.41) is 11.0. The molecule has 0 amide bonds. The molecule has 1 aliphatic heterocycles. The maximum atomic E-state index is 5.38. The molecule has 1 aromatic heterocycles. The van der Waals surface area contributed by atoms with Crippen LogP contribution in [0.25, 0.3) is 0 Å². The van der Waals surface area contributed by atoms with Crippen molar-refractivity contribution in [3.05, 3.63) is 46.3 Å². The van der Waals surface area contributed by atoms with Crippen LogP contribution < -0.4 is 15.5 Å². The third-order valence-electron chi connectivity index (χ3n) is 4.63. The van der Waals surface area contributed by atoms with E-state index >= 15 is 0 Å². The summed E-state index contributed by atoms with van der Waals surface area (Å²) in [6.45, 7) is 9.60. The Hall–Kier alpha value is -2.02. The minimum atomic E-state index is 0.362. The topological polar surface area (TPSA) is 65.7 Å². The van der Waals surface area contributed by atoms with Crippen LogP contribution in [0.4, 0.5) is 5.69 Å². The predicted octanol–water partition coefficient (Wildman–Crippen LogP) is 3.89. The Kier molecular flexibility index (Phi) is 6.77. The van der Waals surface area contributed by atoms with Crippen molar-refractivity contribution >= 4 is 27.6 Å². The smallest absolute Gasteiger partial charge is 0.191 e. The molecule has 0 aliphatic carbocycles. The fourth-order valence-electron chi connectivity index (χ4n) is 3.11. The highest BCUT2D eigenvalue weighted by molar-refractivity contribution is 9.10. The van der Waals surface area contributed by atoms with Gasteiger partial charge in [-0.05, 0) is 43.5 Å². The summed E-state index contributed by atoms with van der Waals surface area (Å²) in [5.41, 5.74) is 2.23. The fourth-order valence-corrected chi connectivity index (χ4v) is 3.37. The Morgan fingerprint density at radius 3 is 2.81 bits per heavy atom. The molecule has 2 N–H and O–H groups in total. The van der Waals surface area contributed by atoms with Crippen molar-refractivity contribution < 1.29 is 4.52 Å². The maximum Gasteiger partial charge on any atom is 0.191 e. The van der Waals surface area contributed by atoms with E-state index in [1.54, 1.807) is 0 Å². The molecule has 1 fully saturated rings. The summed E-state index contributed by atoms with van der Waals surface area (Å²) < 4.78 is 6.49. The first kappa shape index (κ1) is 19.7. The summed E-state index contributed by atoms with van der Waals surface area (Å²) in [4.78, 5) is 7.07. The lowest BCUT2D eigenvalue weighted by Gasteiger charge is -2.20. The van der Waals surface area contributed by atoms with Crippen LogP contribution in [0.1, 0.15) is 44.6 Å². The van der Waals surface area contributed by atoms with E-state index in [1.807, 2.05) is 6.07 Å². The molecule has 1 aromatic carbocycles. The second-order valence-corrected chi connectivity index (χ2v) is 8.04. The zero-order valence-corrected chi connectivity index (χ0v) is 17.8. The van der Waals surface area contributed by atoms with Crippen molar-refractivity contribution in [2.45, 2.75) is 45.7 Å². The quantitative estimate of drug-likeness (QED) is 0.534. The average Bonchev–Trinajstić information content (AvgIpc) is 3.30. The van der Waals surface area contributed by atoms with Gasteiger partial charge >= 0.3 is 0 Å². The Morgan fingerprint density at radius 2 is 2.15 bits per heavy atom. The first-order valence-electron chi connectivity index (χ1n) is 9.56. The summed E-state index contributed by atoms with van der Waals surface area (Å²) in [6, 6.07) is 10.8. The van der Waals surface area contributed by atoms with Crippen molar-refractivity contribution in [3.8, 4) is 0 Å². The van der Waals surface area contributed by atoms with E-state index in [9.17, 15) is 0 Å². The van der Waals surface area contributed by atoms with E-state index in [2.05, 4.69) is 86.6 Å². The van der Waals surface area contributed by atoms with Crippen molar-refractivity contribution in [3.63, 3.8) is 0 Å². The molecule has 7 heteroatoms. The molecular formula is C20H28BrN5O. The Morgan fingerprint density at radius 1 is 1.37 bits per heavy atom. The van der Waals surface area contributed by atoms with Gasteiger partial charge in [-0.25, -0.2) is 4.99 Å². The van der Waals surface area contributed by atoms with E-state index < -0.39 is 0 Å². The van der Waals surface area contributed by atoms with Gasteiger partial charge in [-0.1, -0.05) is 34.9 Å². The molecule has 1 atom stereocenters. The van der Waals surface area contributed by atoms with Gasteiger partial charge in [-0.2, -0.15) is 0 Å². The number of benzene rings is 1. The monoisotopic (exact) mass is 433 g/mol. The van der Waals surface area contributed by atoms with Crippen LogP contribution in [0.5, 0.6) is 0 Å². The first-order chi connectivity index (χ1) is 13.0. The number of nitrogens with zero attached hydrogens (tertiary/aromatic N) is 3. The number of anilines is 1. The van der Waals surface area contributed by atoms with Crippen LogP contribution in [0, 0.1) is 0 Å².